The summed E-state index contributed by atoms with van der Waals surface area (Å²) in [6, 6.07) is 5.67. The van der Waals surface area contributed by atoms with Crippen molar-refractivity contribution in [2.45, 2.75) is 20.4 Å². The molecule has 0 aliphatic rings. The molecule has 5 heteroatoms. The van der Waals surface area contributed by atoms with E-state index in [9.17, 15) is 4.79 Å². The van der Waals surface area contributed by atoms with E-state index in [1.807, 2.05) is 37.4 Å². The Balaban J connectivity index is 2.17. The van der Waals surface area contributed by atoms with Gasteiger partial charge in [-0.25, -0.2) is 4.98 Å². The van der Waals surface area contributed by atoms with Crippen LogP contribution in [0.4, 0.5) is 0 Å². The number of halogens is 1. The van der Waals surface area contributed by atoms with E-state index < -0.39 is 0 Å². The van der Waals surface area contributed by atoms with E-state index >= 15 is 0 Å². The summed E-state index contributed by atoms with van der Waals surface area (Å²) in [5, 5.41) is 3.02. The molecule has 1 heterocycles. The first-order valence-electron chi connectivity index (χ1n) is 5.90. The number of carbonyl (C=O) groups is 1. The van der Waals surface area contributed by atoms with Crippen LogP contribution < -0.4 is 0 Å². The Morgan fingerprint density at radius 2 is 2.16 bits per heavy atom. The van der Waals surface area contributed by atoms with Gasteiger partial charge in [-0.15, -0.1) is 11.3 Å². The molecule has 3 nitrogen and oxygen atoms in total. The molecule has 0 unspecified atom stereocenters. The van der Waals surface area contributed by atoms with Crippen molar-refractivity contribution in [3.05, 3.63) is 49.9 Å². The molecule has 0 spiro atoms. The number of aromatic nitrogens is 1. The van der Waals surface area contributed by atoms with Crippen LogP contribution in [0.2, 0.25) is 0 Å². The van der Waals surface area contributed by atoms with Crippen molar-refractivity contribution in [2.75, 3.05) is 7.05 Å². The van der Waals surface area contributed by atoms with Crippen molar-refractivity contribution < 1.29 is 4.79 Å². The summed E-state index contributed by atoms with van der Waals surface area (Å²) in [6.45, 7) is 4.45. The zero-order valence-corrected chi connectivity index (χ0v) is 13.5. The van der Waals surface area contributed by atoms with Gasteiger partial charge in [-0.05, 0) is 31.5 Å². The molecule has 0 atom stereocenters. The molecule has 1 aromatic carbocycles. The Morgan fingerprint density at radius 3 is 2.79 bits per heavy atom. The molecule has 0 fully saturated rings. The van der Waals surface area contributed by atoms with Crippen molar-refractivity contribution in [1.82, 2.24) is 9.88 Å². The molecule has 1 aromatic heterocycles. The monoisotopic (exact) mass is 338 g/mol. The maximum atomic E-state index is 12.4. The average molecular weight is 339 g/mol. The second-order valence-electron chi connectivity index (χ2n) is 4.43. The van der Waals surface area contributed by atoms with Crippen LogP contribution in [0.25, 0.3) is 0 Å². The predicted octanol–water partition coefficient (Wildman–Crippen LogP) is 3.79. The molecule has 0 N–H and O–H groups in total. The van der Waals surface area contributed by atoms with Gasteiger partial charge in [0.1, 0.15) is 0 Å². The van der Waals surface area contributed by atoms with Gasteiger partial charge in [0, 0.05) is 22.5 Å². The van der Waals surface area contributed by atoms with E-state index in [4.69, 9.17) is 0 Å². The lowest BCUT2D eigenvalue weighted by atomic mass is 10.1. The summed E-state index contributed by atoms with van der Waals surface area (Å²) < 4.78 is 0.955. The Morgan fingerprint density at radius 1 is 1.42 bits per heavy atom. The van der Waals surface area contributed by atoms with Crippen LogP contribution in [-0.2, 0) is 6.54 Å². The third-order valence-corrected chi connectivity index (χ3v) is 4.59. The molecule has 1 amide bonds. The minimum atomic E-state index is 0.0180. The molecule has 0 bridgehead atoms. The molecule has 100 valence electrons. The molecular weight excluding hydrogens is 324 g/mol. The third kappa shape index (κ3) is 3.22. The second kappa shape index (κ2) is 5.84. The summed E-state index contributed by atoms with van der Waals surface area (Å²) in [5.41, 5.74) is 2.63. The van der Waals surface area contributed by atoms with Crippen molar-refractivity contribution in [1.29, 1.82) is 0 Å². The minimum Gasteiger partial charge on any atom is -0.336 e. The van der Waals surface area contributed by atoms with E-state index in [0.29, 0.717) is 6.54 Å². The quantitative estimate of drug-likeness (QED) is 0.852. The fourth-order valence-electron chi connectivity index (χ4n) is 1.84. The number of carbonyl (C=O) groups excluding carboxylic acids is 1. The fourth-order valence-corrected chi connectivity index (χ4v) is 2.81. The predicted molar refractivity (Wildman–Crippen MR) is 81.5 cm³/mol. The van der Waals surface area contributed by atoms with Crippen molar-refractivity contribution in [3.8, 4) is 0 Å². The summed E-state index contributed by atoms with van der Waals surface area (Å²) in [5.74, 6) is 0.0180. The van der Waals surface area contributed by atoms with E-state index in [1.54, 1.807) is 23.3 Å². The van der Waals surface area contributed by atoms with E-state index in [-0.39, 0.29) is 5.91 Å². The first-order valence-corrected chi connectivity index (χ1v) is 7.58. The van der Waals surface area contributed by atoms with Gasteiger partial charge in [0.15, 0.2) is 0 Å². The number of hydrogen-bond donors (Lipinski definition) is 0. The third-order valence-electron chi connectivity index (χ3n) is 2.91. The standard InChI is InChI=1S/C14H15BrN2OS/c1-9-12(5-4-6-13(9)15)14(18)17(3)7-11-8-19-10(2)16-11/h4-6,8H,7H2,1-3H3. The maximum absolute atomic E-state index is 12.4. The second-order valence-corrected chi connectivity index (χ2v) is 6.35. The first-order chi connectivity index (χ1) is 8.99. The molecule has 19 heavy (non-hydrogen) atoms. The van der Waals surface area contributed by atoms with Crippen LogP contribution in [0.3, 0.4) is 0 Å². The first kappa shape index (κ1) is 14.2. The summed E-state index contributed by atoms with van der Waals surface area (Å²) in [7, 11) is 1.80. The lowest BCUT2D eigenvalue weighted by Gasteiger charge is -2.17. The van der Waals surface area contributed by atoms with Gasteiger partial charge in [0.25, 0.3) is 5.91 Å². The highest BCUT2D eigenvalue weighted by molar-refractivity contribution is 9.10. The van der Waals surface area contributed by atoms with Gasteiger partial charge < -0.3 is 4.90 Å². The highest BCUT2D eigenvalue weighted by atomic mass is 79.9. The van der Waals surface area contributed by atoms with Crippen LogP contribution in [0, 0.1) is 13.8 Å². The summed E-state index contributed by atoms with van der Waals surface area (Å²) >= 11 is 5.06. The smallest absolute Gasteiger partial charge is 0.254 e. The lowest BCUT2D eigenvalue weighted by molar-refractivity contribution is 0.0783. The van der Waals surface area contributed by atoms with Crippen molar-refractivity contribution >= 4 is 33.2 Å². The number of hydrogen-bond acceptors (Lipinski definition) is 3. The number of aryl methyl sites for hydroxylation is 1. The normalized spacial score (nSPS) is 10.5. The van der Waals surface area contributed by atoms with Gasteiger partial charge in [-0.1, -0.05) is 22.0 Å². The molecule has 2 rings (SSSR count). The Labute approximate surface area is 125 Å². The zero-order valence-electron chi connectivity index (χ0n) is 11.1. The lowest BCUT2D eigenvalue weighted by Crippen LogP contribution is -2.27. The van der Waals surface area contributed by atoms with Gasteiger partial charge in [-0.3, -0.25) is 4.79 Å². The van der Waals surface area contributed by atoms with Crippen molar-refractivity contribution in [2.24, 2.45) is 0 Å². The van der Waals surface area contributed by atoms with Crippen LogP contribution in [-0.4, -0.2) is 22.8 Å². The molecule has 0 aliphatic heterocycles. The van der Waals surface area contributed by atoms with E-state index in [1.165, 1.54) is 0 Å². The zero-order chi connectivity index (χ0) is 14.0. The highest BCUT2D eigenvalue weighted by Crippen LogP contribution is 2.21. The Hall–Kier alpha value is -1.20. The molecule has 0 saturated carbocycles. The number of benzene rings is 1. The van der Waals surface area contributed by atoms with Crippen LogP contribution in [0.1, 0.15) is 26.6 Å². The van der Waals surface area contributed by atoms with Crippen molar-refractivity contribution in [3.63, 3.8) is 0 Å². The molecule has 0 radical (unpaired) electrons. The van der Waals surface area contributed by atoms with Crippen LogP contribution in [0.15, 0.2) is 28.1 Å². The number of nitrogens with zero attached hydrogens (tertiary/aromatic N) is 2. The maximum Gasteiger partial charge on any atom is 0.254 e. The van der Waals surface area contributed by atoms with Gasteiger partial charge >= 0.3 is 0 Å². The van der Waals surface area contributed by atoms with Crippen LogP contribution in [0.5, 0.6) is 0 Å². The molecule has 2 aromatic rings. The van der Waals surface area contributed by atoms with Gasteiger partial charge in [0.05, 0.1) is 17.2 Å². The van der Waals surface area contributed by atoms with E-state index in [2.05, 4.69) is 20.9 Å². The largest absolute Gasteiger partial charge is 0.336 e. The minimum absolute atomic E-state index is 0.0180. The summed E-state index contributed by atoms with van der Waals surface area (Å²) in [6.07, 6.45) is 0. The fraction of sp³-hybridized carbons (Fsp3) is 0.286. The van der Waals surface area contributed by atoms with Crippen LogP contribution >= 0.6 is 27.3 Å². The average Bonchev–Trinajstić information content (AvgIpc) is 2.77. The number of thiazole rings is 1. The highest BCUT2D eigenvalue weighted by Gasteiger charge is 2.16. The molecule has 0 aliphatic carbocycles. The molecular formula is C14H15BrN2OS. The van der Waals surface area contributed by atoms with E-state index in [0.717, 1.165) is 26.3 Å². The van der Waals surface area contributed by atoms with Gasteiger partial charge in [0.2, 0.25) is 0 Å². The number of rotatable bonds is 3. The Kier molecular flexibility index (Phi) is 4.37. The van der Waals surface area contributed by atoms with Gasteiger partial charge in [-0.2, -0.15) is 0 Å². The Bertz CT molecular complexity index is 609. The topological polar surface area (TPSA) is 33.2 Å². The summed E-state index contributed by atoms with van der Waals surface area (Å²) in [4.78, 5) is 18.5. The molecule has 0 saturated heterocycles. The SMILES string of the molecule is Cc1nc(CN(C)C(=O)c2cccc(Br)c2C)cs1. The number of amides is 1.